The van der Waals surface area contributed by atoms with Gasteiger partial charge in [-0.2, -0.15) is 0 Å². The molecule has 19 heavy (non-hydrogen) atoms. The number of aliphatic hydroxyl groups excluding tert-OH is 1. The minimum atomic E-state index is -0.677. The molecule has 1 heterocycles. The minimum Gasteiger partial charge on any atom is -0.384 e. The SMILES string of the molecule is OC(c1cc(Cl)ccc1Br)c1csc2ccccc12. The Morgan fingerprint density at radius 3 is 2.74 bits per heavy atom. The summed E-state index contributed by atoms with van der Waals surface area (Å²) in [5.74, 6) is 0. The molecule has 0 bridgehead atoms. The maximum absolute atomic E-state index is 10.6. The Labute approximate surface area is 128 Å². The highest BCUT2D eigenvalue weighted by atomic mass is 79.9. The average molecular weight is 354 g/mol. The third kappa shape index (κ3) is 2.43. The lowest BCUT2D eigenvalue weighted by atomic mass is 10.0. The Morgan fingerprint density at radius 1 is 1.11 bits per heavy atom. The lowest BCUT2D eigenvalue weighted by Gasteiger charge is -2.13. The van der Waals surface area contributed by atoms with Crippen molar-refractivity contribution in [1.82, 2.24) is 0 Å². The Kier molecular flexibility index (Phi) is 3.63. The van der Waals surface area contributed by atoms with Gasteiger partial charge in [0.05, 0.1) is 0 Å². The molecule has 0 fully saturated rings. The Hall–Kier alpha value is -0.870. The van der Waals surface area contributed by atoms with Crippen LogP contribution in [0.5, 0.6) is 0 Å². The van der Waals surface area contributed by atoms with Gasteiger partial charge in [0.2, 0.25) is 0 Å². The third-order valence-corrected chi connectivity index (χ3v) is 5.00. The fraction of sp³-hybridized carbons (Fsp3) is 0.0667. The number of thiophene rings is 1. The Bertz CT molecular complexity index is 738. The highest BCUT2D eigenvalue weighted by Gasteiger charge is 2.17. The van der Waals surface area contributed by atoms with Gasteiger partial charge in [-0.15, -0.1) is 11.3 Å². The molecule has 0 aliphatic heterocycles. The van der Waals surface area contributed by atoms with Crippen molar-refractivity contribution in [3.05, 3.63) is 68.5 Å². The second-order valence-corrected chi connectivity index (χ2v) is 6.46. The van der Waals surface area contributed by atoms with Crippen molar-refractivity contribution in [3.63, 3.8) is 0 Å². The van der Waals surface area contributed by atoms with Crippen LogP contribution in [0.1, 0.15) is 17.2 Å². The van der Waals surface area contributed by atoms with Crippen molar-refractivity contribution in [2.24, 2.45) is 0 Å². The maximum atomic E-state index is 10.6. The second-order valence-electron chi connectivity index (χ2n) is 4.26. The molecule has 1 aromatic heterocycles. The standard InChI is InChI=1S/C15H10BrClOS/c16-13-6-5-9(17)7-11(13)15(18)12-8-19-14-4-2-1-3-10(12)14/h1-8,15,18H. The number of rotatable bonds is 2. The average Bonchev–Trinajstić information content (AvgIpc) is 2.84. The van der Waals surface area contributed by atoms with Crippen LogP contribution in [0.15, 0.2) is 52.3 Å². The molecule has 1 nitrogen and oxygen atoms in total. The molecule has 0 amide bonds. The van der Waals surface area contributed by atoms with Crippen molar-refractivity contribution in [1.29, 1.82) is 0 Å². The van der Waals surface area contributed by atoms with Gasteiger partial charge in [0.25, 0.3) is 0 Å². The van der Waals surface area contributed by atoms with Crippen LogP contribution in [-0.2, 0) is 0 Å². The topological polar surface area (TPSA) is 20.2 Å². The summed E-state index contributed by atoms with van der Waals surface area (Å²) in [6, 6.07) is 13.5. The number of hydrogen-bond acceptors (Lipinski definition) is 2. The molecule has 0 radical (unpaired) electrons. The highest BCUT2D eigenvalue weighted by molar-refractivity contribution is 9.10. The smallest absolute Gasteiger partial charge is 0.107 e. The van der Waals surface area contributed by atoms with Crippen LogP contribution in [0.2, 0.25) is 5.02 Å². The van der Waals surface area contributed by atoms with Crippen LogP contribution in [0.25, 0.3) is 10.1 Å². The number of fused-ring (bicyclic) bond motifs is 1. The summed E-state index contributed by atoms with van der Waals surface area (Å²) < 4.78 is 2.04. The number of hydrogen-bond donors (Lipinski definition) is 1. The van der Waals surface area contributed by atoms with Gasteiger partial charge < -0.3 is 5.11 Å². The van der Waals surface area contributed by atoms with Crippen LogP contribution >= 0.6 is 38.9 Å². The molecule has 3 rings (SSSR count). The number of halogens is 2. The van der Waals surface area contributed by atoms with E-state index in [9.17, 15) is 5.11 Å². The van der Waals surface area contributed by atoms with Crippen molar-refractivity contribution in [2.45, 2.75) is 6.10 Å². The summed E-state index contributed by atoms with van der Waals surface area (Å²) >= 11 is 11.1. The molecule has 1 unspecified atom stereocenters. The zero-order chi connectivity index (χ0) is 13.4. The van der Waals surface area contributed by atoms with E-state index in [0.29, 0.717) is 5.02 Å². The number of aliphatic hydroxyl groups is 1. The van der Waals surface area contributed by atoms with Crippen LogP contribution in [0.4, 0.5) is 0 Å². The molecule has 0 saturated carbocycles. The predicted molar refractivity (Wildman–Crippen MR) is 85.0 cm³/mol. The van der Waals surface area contributed by atoms with Crippen LogP contribution in [0.3, 0.4) is 0 Å². The van der Waals surface area contributed by atoms with E-state index < -0.39 is 6.10 Å². The van der Waals surface area contributed by atoms with E-state index in [0.717, 1.165) is 21.0 Å². The first-order valence-electron chi connectivity index (χ1n) is 5.76. The zero-order valence-corrected chi connectivity index (χ0v) is 13.0. The molecule has 1 atom stereocenters. The summed E-state index contributed by atoms with van der Waals surface area (Å²) in [7, 11) is 0. The summed E-state index contributed by atoms with van der Waals surface area (Å²) in [5.41, 5.74) is 1.71. The van der Waals surface area contributed by atoms with Gasteiger partial charge in [0, 0.05) is 25.3 Å². The first kappa shape index (κ1) is 13.1. The van der Waals surface area contributed by atoms with Crippen molar-refractivity contribution >= 4 is 49.0 Å². The Balaban J connectivity index is 2.13. The van der Waals surface area contributed by atoms with E-state index in [1.807, 2.05) is 29.6 Å². The van der Waals surface area contributed by atoms with E-state index in [2.05, 4.69) is 22.0 Å². The molecule has 0 aliphatic carbocycles. The quantitative estimate of drug-likeness (QED) is 0.654. The monoisotopic (exact) mass is 352 g/mol. The Morgan fingerprint density at radius 2 is 1.89 bits per heavy atom. The predicted octanol–water partition coefficient (Wildman–Crippen LogP) is 5.40. The fourth-order valence-corrected chi connectivity index (χ4v) is 3.73. The van der Waals surface area contributed by atoms with Crippen molar-refractivity contribution in [2.75, 3.05) is 0 Å². The van der Waals surface area contributed by atoms with E-state index in [1.54, 1.807) is 23.5 Å². The molecular formula is C15H10BrClOS. The summed E-state index contributed by atoms with van der Waals surface area (Å²) in [4.78, 5) is 0. The van der Waals surface area contributed by atoms with E-state index >= 15 is 0 Å². The number of benzene rings is 2. The molecule has 2 aromatic carbocycles. The van der Waals surface area contributed by atoms with Crippen LogP contribution < -0.4 is 0 Å². The first-order chi connectivity index (χ1) is 9.16. The molecule has 96 valence electrons. The van der Waals surface area contributed by atoms with Gasteiger partial charge in [0.1, 0.15) is 6.10 Å². The minimum absolute atomic E-state index is 0.622. The largest absolute Gasteiger partial charge is 0.384 e. The zero-order valence-electron chi connectivity index (χ0n) is 9.81. The molecule has 3 aromatic rings. The normalized spacial score (nSPS) is 12.8. The van der Waals surface area contributed by atoms with Gasteiger partial charge >= 0.3 is 0 Å². The van der Waals surface area contributed by atoms with Crippen LogP contribution in [0, 0.1) is 0 Å². The highest BCUT2D eigenvalue weighted by Crippen LogP contribution is 2.36. The van der Waals surface area contributed by atoms with Gasteiger partial charge in [-0.1, -0.05) is 45.7 Å². The summed E-state index contributed by atoms with van der Waals surface area (Å²) in [6.45, 7) is 0. The summed E-state index contributed by atoms with van der Waals surface area (Å²) in [5, 5.41) is 14.3. The van der Waals surface area contributed by atoms with E-state index in [1.165, 1.54) is 4.70 Å². The van der Waals surface area contributed by atoms with Gasteiger partial charge in [-0.25, -0.2) is 0 Å². The molecule has 4 heteroatoms. The van der Waals surface area contributed by atoms with Crippen molar-refractivity contribution in [3.8, 4) is 0 Å². The van der Waals surface area contributed by atoms with E-state index in [4.69, 9.17) is 11.6 Å². The van der Waals surface area contributed by atoms with Gasteiger partial charge in [-0.3, -0.25) is 0 Å². The van der Waals surface area contributed by atoms with Gasteiger partial charge in [0.15, 0.2) is 0 Å². The first-order valence-corrected chi connectivity index (χ1v) is 7.81. The van der Waals surface area contributed by atoms with E-state index in [-0.39, 0.29) is 0 Å². The molecule has 0 aliphatic rings. The molecule has 0 saturated heterocycles. The molecular weight excluding hydrogens is 344 g/mol. The lowest BCUT2D eigenvalue weighted by molar-refractivity contribution is 0.221. The summed E-state index contributed by atoms with van der Waals surface area (Å²) in [6.07, 6.45) is -0.677. The maximum Gasteiger partial charge on any atom is 0.107 e. The van der Waals surface area contributed by atoms with Crippen LogP contribution in [-0.4, -0.2) is 5.11 Å². The third-order valence-electron chi connectivity index (χ3n) is 3.06. The van der Waals surface area contributed by atoms with Crippen molar-refractivity contribution < 1.29 is 5.11 Å². The molecule has 0 spiro atoms. The second kappa shape index (κ2) is 5.25. The fourth-order valence-electron chi connectivity index (χ4n) is 2.10. The van der Waals surface area contributed by atoms with Gasteiger partial charge in [-0.05, 0) is 35.0 Å². The lowest BCUT2D eigenvalue weighted by Crippen LogP contribution is -1.99. The molecule has 1 N–H and O–H groups in total.